The Morgan fingerprint density at radius 1 is 1.47 bits per heavy atom. The molecule has 0 spiro atoms. The Labute approximate surface area is 111 Å². The highest BCUT2D eigenvalue weighted by molar-refractivity contribution is 7.91. The fourth-order valence-electron chi connectivity index (χ4n) is 2.24. The van der Waals surface area contributed by atoms with Crippen molar-refractivity contribution in [2.45, 2.75) is 50.3 Å². The van der Waals surface area contributed by atoms with Crippen LogP contribution < -0.4 is 5.32 Å². The number of rotatable bonds is 4. The lowest BCUT2D eigenvalue weighted by Gasteiger charge is -2.35. The molecule has 2 N–H and O–H groups in total. The molecule has 0 aliphatic heterocycles. The molecule has 0 heterocycles. The van der Waals surface area contributed by atoms with Crippen LogP contribution in [0.3, 0.4) is 0 Å². The minimum Gasteiger partial charge on any atom is -0.465 e. The third-order valence-corrected chi connectivity index (χ3v) is 5.75. The molecule has 8 heteroatoms. The second-order valence-electron chi connectivity index (χ2n) is 5.29. The molecule has 0 bridgehead atoms. The smallest absolute Gasteiger partial charge is 0.404 e. The molecule has 1 saturated carbocycles. The van der Waals surface area contributed by atoms with E-state index in [4.69, 9.17) is 5.11 Å². The SMILES string of the molecule is CC(C)S(=O)(=O)C[C@H]1CC(F)(F)CC[C@@H]1NC(=O)O. The zero-order chi connectivity index (χ0) is 14.8. The van der Waals surface area contributed by atoms with E-state index in [0.717, 1.165) is 0 Å². The van der Waals surface area contributed by atoms with Gasteiger partial charge in [0.25, 0.3) is 0 Å². The van der Waals surface area contributed by atoms with Gasteiger partial charge in [0.2, 0.25) is 5.92 Å². The van der Waals surface area contributed by atoms with Gasteiger partial charge < -0.3 is 10.4 Å². The summed E-state index contributed by atoms with van der Waals surface area (Å²) in [4.78, 5) is 10.6. The van der Waals surface area contributed by atoms with Crippen LogP contribution >= 0.6 is 0 Å². The molecular formula is C11H19F2NO4S. The molecule has 1 aliphatic carbocycles. The van der Waals surface area contributed by atoms with E-state index in [1.54, 1.807) is 0 Å². The first-order chi connectivity index (χ1) is 8.53. The molecule has 0 aromatic carbocycles. The van der Waals surface area contributed by atoms with Gasteiger partial charge in [0.15, 0.2) is 9.84 Å². The topological polar surface area (TPSA) is 83.5 Å². The minimum atomic E-state index is -3.48. The van der Waals surface area contributed by atoms with E-state index in [9.17, 15) is 22.0 Å². The van der Waals surface area contributed by atoms with Crippen LogP contribution in [0.5, 0.6) is 0 Å². The van der Waals surface area contributed by atoms with Gasteiger partial charge in [0, 0.05) is 18.9 Å². The molecule has 0 aromatic rings. The maximum absolute atomic E-state index is 13.4. The summed E-state index contributed by atoms with van der Waals surface area (Å²) >= 11 is 0. The average molecular weight is 299 g/mol. The number of amides is 1. The summed E-state index contributed by atoms with van der Waals surface area (Å²) in [6.45, 7) is 2.96. The zero-order valence-corrected chi connectivity index (χ0v) is 11.7. The summed E-state index contributed by atoms with van der Waals surface area (Å²) in [6, 6.07) is -0.731. The number of halogens is 2. The van der Waals surface area contributed by atoms with Crippen LogP contribution in [0.1, 0.15) is 33.1 Å². The van der Waals surface area contributed by atoms with Crippen molar-refractivity contribution in [2.24, 2.45) is 5.92 Å². The van der Waals surface area contributed by atoms with Crippen molar-refractivity contribution in [3.63, 3.8) is 0 Å². The molecule has 1 rings (SSSR count). The van der Waals surface area contributed by atoms with Crippen molar-refractivity contribution in [1.82, 2.24) is 5.32 Å². The number of alkyl halides is 2. The summed E-state index contributed by atoms with van der Waals surface area (Å²) in [5.74, 6) is -4.22. The third-order valence-electron chi connectivity index (χ3n) is 3.42. The Hall–Kier alpha value is -0.920. The Morgan fingerprint density at radius 3 is 2.53 bits per heavy atom. The predicted molar refractivity (Wildman–Crippen MR) is 66.2 cm³/mol. The fourth-order valence-corrected chi connectivity index (χ4v) is 3.58. The number of sulfone groups is 1. The quantitative estimate of drug-likeness (QED) is 0.830. The fraction of sp³-hybridized carbons (Fsp3) is 0.909. The summed E-state index contributed by atoms with van der Waals surface area (Å²) < 4.78 is 50.4. The van der Waals surface area contributed by atoms with E-state index in [0.29, 0.717) is 0 Å². The Kier molecular flexibility index (Phi) is 4.76. The first-order valence-electron chi connectivity index (χ1n) is 6.12. The standard InChI is InChI=1S/C11H19F2NO4S/c1-7(2)19(17,18)6-8-5-11(12,13)4-3-9(8)14-10(15)16/h7-9,14H,3-6H2,1-2H3,(H,15,16)/t8-,9+/m1/s1. The molecule has 5 nitrogen and oxygen atoms in total. The second-order valence-corrected chi connectivity index (χ2v) is 7.89. The van der Waals surface area contributed by atoms with E-state index in [-0.39, 0.29) is 6.42 Å². The van der Waals surface area contributed by atoms with Gasteiger partial charge in [-0.3, -0.25) is 0 Å². The molecule has 1 amide bonds. The molecule has 0 radical (unpaired) electrons. The second kappa shape index (κ2) is 5.60. The van der Waals surface area contributed by atoms with E-state index < -0.39 is 57.7 Å². The van der Waals surface area contributed by atoms with E-state index in [2.05, 4.69) is 5.32 Å². The van der Waals surface area contributed by atoms with E-state index >= 15 is 0 Å². The molecule has 0 saturated heterocycles. The van der Waals surface area contributed by atoms with Gasteiger partial charge in [-0.25, -0.2) is 22.0 Å². The predicted octanol–water partition coefficient (Wildman–Crippen LogP) is 1.88. The van der Waals surface area contributed by atoms with E-state index in [1.165, 1.54) is 13.8 Å². The molecular weight excluding hydrogens is 280 g/mol. The van der Waals surface area contributed by atoms with Crippen LogP contribution in [0.15, 0.2) is 0 Å². The molecule has 0 unspecified atom stereocenters. The summed E-state index contributed by atoms with van der Waals surface area (Å²) in [5, 5.41) is 10.2. The van der Waals surface area contributed by atoms with Crippen LogP contribution in [0.2, 0.25) is 0 Å². The lowest BCUT2D eigenvalue weighted by atomic mass is 9.83. The number of hydrogen-bond donors (Lipinski definition) is 2. The summed E-state index contributed by atoms with van der Waals surface area (Å²) in [7, 11) is -3.48. The highest BCUT2D eigenvalue weighted by Gasteiger charge is 2.43. The van der Waals surface area contributed by atoms with Crippen LogP contribution in [-0.2, 0) is 9.84 Å². The van der Waals surface area contributed by atoms with Gasteiger partial charge in [-0.05, 0) is 26.2 Å². The molecule has 1 aliphatic rings. The average Bonchev–Trinajstić information content (AvgIpc) is 2.20. The number of carbonyl (C=O) groups is 1. The van der Waals surface area contributed by atoms with Gasteiger partial charge in [-0.2, -0.15) is 0 Å². The normalized spacial score (nSPS) is 27.2. The third kappa shape index (κ3) is 4.59. The van der Waals surface area contributed by atoms with Crippen molar-refractivity contribution in [3.05, 3.63) is 0 Å². The molecule has 2 atom stereocenters. The largest absolute Gasteiger partial charge is 0.465 e. The maximum atomic E-state index is 13.4. The van der Waals surface area contributed by atoms with Crippen molar-refractivity contribution < 1.29 is 27.1 Å². The Morgan fingerprint density at radius 2 is 2.05 bits per heavy atom. The number of nitrogens with one attached hydrogen (secondary N) is 1. The highest BCUT2D eigenvalue weighted by atomic mass is 32.2. The first-order valence-corrected chi connectivity index (χ1v) is 7.84. The lowest BCUT2D eigenvalue weighted by molar-refractivity contribution is -0.0572. The van der Waals surface area contributed by atoms with Crippen molar-refractivity contribution in [2.75, 3.05) is 5.75 Å². The molecule has 1 fully saturated rings. The maximum Gasteiger partial charge on any atom is 0.404 e. The van der Waals surface area contributed by atoms with Crippen LogP contribution in [0.4, 0.5) is 13.6 Å². The summed E-state index contributed by atoms with van der Waals surface area (Å²) in [5.41, 5.74) is 0. The van der Waals surface area contributed by atoms with Crippen molar-refractivity contribution in [1.29, 1.82) is 0 Å². The van der Waals surface area contributed by atoms with Gasteiger partial charge in [0.05, 0.1) is 11.0 Å². The molecule has 0 aromatic heterocycles. The Balaban J connectivity index is 2.86. The summed E-state index contributed by atoms with van der Waals surface area (Å²) in [6.07, 6.45) is -2.38. The van der Waals surface area contributed by atoms with Gasteiger partial charge in [-0.15, -0.1) is 0 Å². The van der Waals surface area contributed by atoms with Crippen LogP contribution in [0, 0.1) is 5.92 Å². The monoisotopic (exact) mass is 299 g/mol. The van der Waals surface area contributed by atoms with Crippen LogP contribution in [-0.4, -0.2) is 42.6 Å². The molecule has 112 valence electrons. The minimum absolute atomic E-state index is 0.0441. The van der Waals surface area contributed by atoms with Gasteiger partial charge in [0.1, 0.15) is 0 Å². The first kappa shape index (κ1) is 16.1. The Bertz CT molecular complexity index is 436. The van der Waals surface area contributed by atoms with E-state index in [1.807, 2.05) is 0 Å². The zero-order valence-electron chi connectivity index (χ0n) is 10.9. The number of hydrogen-bond acceptors (Lipinski definition) is 3. The lowest BCUT2D eigenvalue weighted by Crippen LogP contribution is -2.48. The molecule has 19 heavy (non-hydrogen) atoms. The van der Waals surface area contributed by atoms with Gasteiger partial charge >= 0.3 is 6.09 Å². The van der Waals surface area contributed by atoms with Crippen molar-refractivity contribution in [3.8, 4) is 0 Å². The van der Waals surface area contributed by atoms with Crippen LogP contribution in [0.25, 0.3) is 0 Å². The highest BCUT2D eigenvalue weighted by Crippen LogP contribution is 2.37. The number of carboxylic acid groups (broad SMARTS) is 1. The van der Waals surface area contributed by atoms with Gasteiger partial charge in [-0.1, -0.05) is 0 Å². The van der Waals surface area contributed by atoms with Crippen molar-refractivity contribution >= 4 is 15.9 Å².